The molecule has 0 spiro atoms. The molecule has 1 aromatic heterocycles. The van der Waals surface area contributed by atoms with Crippen molar-refractivity contribution in [3.05, 3.63) is 76.5 Å². The highest BCUT2D eigenvalue weighted by Gasteiger charge is 2.29. The van der Waals surface area contributed by atoms with Crippen LogP contribution in [0.4, 0.5) is 5.95 Å². The van der Waals surface area contributed by atoms with Crippen LogP contribution in [0.2, 0.25) is 0 Å². The second kappa shape index (κ2) is 5.57. The molecule has 1 aliphatic heterocycles. The van der Waals surface area contributed by atoms with Crippen molar-refractivity contribution < 1.29 is 0 Å². The predicted octanol–water partition coefficient (Wildman–Crippen LogP) is 4.19. The van der Waals surface area contributed by atoms with Crippen molar-refractivity contribution in [1.29, 1.82) is 0 Å². The summed E-state index contributed by atoms with van der Waals surface area (Å²) in [5, 5.41) is 7.88. The number of rotatable bonds is 2. The minimum Gasteiger partial charge on any atom is -0.348 e. The Morgan fingerprint density at radius 2 is 1.77 bits per heavy atom. The molecule has 110 valence electrons. The van der Waals surface area contributed by atoms with Crippen LogP contribution in [0.15, 0.2) is 65.4 Å². The largest absolute Gasteiger partial charge is 0.348 e. The summed E-state index contributed by atoms with van der Waals surface area (Å²) < 4.78 is 3.07. The van der Waals surface area contributed by atoms with E-state index >= 15 is 0 Å². The van der Waals surface area contributed by atoms with Gasteiger partial charge in [0.15, 0.2) is 0 Å². The summed E-state index contributed by atoms with van der Waals surface area (Å²) in [5.74, 6) is 0.827. The van der Waals surface area contributed by atoms with Crippen molar-refractivity contribution >= 4 is 21.9 Å². The Kier molecular flexibility index (Phi) is 3.42. The van der Waals surface area contributed by atoms with E-state index in [1.165, 1.54) is 11.1 Å². The number of hydrogen-bond acceptors (Lipinski definition) is 3. The lowest BCUT2D eigenvalue weighted by atomic mass is 9.93. The number of nitrogens with one attached hydrogen (secondary N) is 1. The molecule has 2 aromatic carbocycles. The monoisotopic (exact) mass is 354 g/mol. The van der Waals surface area contributed by atoms with E-state index in [4.69, 9.17) is 0 Å². The highest BCUT2D eigenvalue weighted by atomic mass is 79.9. The first kappa shape index (κ1) is 13.5. The van der Waals surface area contributed by atoms with Crippen LogP contribution in [0.25, 0.3) is 0 Å². The number of aromatic nitrogens is 3. The van der Waals surface area contributed by atoms with Crippen LogP contribution in [0.5, 0.6) is 0 Å². The zero-order valence-electron chi connectivity index (χ0n) is 11.9. The van der Waals surface area contributed by atoms with Gasteiger partial charge in [0.2, 0.25) is 5.95 Å². The van der Waals surface area contributed by atoms with Gasteiger partial charge in [-0.05, 0) is 29.7 Å². The van der Waals surface area contributed by atoms with Gasteiger partial charge < -0.3 is 5.32 Å². The summed E-state index contributed by atoms with van der Waals surface area (Å²) in [5.41, 5.74) is 2.52. The van der Waals surface area contributed by atoms with Gasteiger partial charge in [0.25, 0.3) is 0 Å². The summed E-state index contributed by atoms with van der Waals surface area (Å²) >= 11 is 3.49. The highest BCUT2D eigenvalue weighted by molar-refractivity contribution is 9.10. The SMILES string of the molecule is Brc1ccc([C@@H]2C[C@H](c3ccccc3)n3ncnc3N2)cc1. The Morgan fingerprint density at radius 1 is 1.00 bits per heavy atom. The van der Waals surface area contributed by atoms with Gasteiger partial charge in [-0.1, -0.05) is 58.4 Å². The molecule has 0 fully saturated rings. The van der Waals surface area contributed by atoms with Crippen LogP contribution in [0.1, 0.15) is 29.6 Å². The topological polar surface area (TPSA) is 42.7 Å². The molecule has 1 N–H and O–H groups in total. The molecule has 4 nitrogen and oxygen atoms in total. The molecule has 0 radical (unpaired) electrons. The molecule has 4 rings (SSSR count). The number of halogens is 1. The Labute approximate surface area is 137 Å². The number of nitrogens with zero attached hydrogens (tertiary/aromatic N) is 3. The lowest BCUT2D eigenvalue weighted by Gasteiger charge is -2.31. The molecule has 0 unspecified atom stereocenters. The average molecular weight is 355 g/mol. The van der Waals surface area contributed by atoms with Gasteiger partial charge in [0.1, 0.15) is 6.33 Å². The first-order valence-electron chi connectivity index (χ1n) is 7.28. The Bertz CT molecular complexity index is 767. The van der Waals surface area contributed by atoms with E-state index in [-0.39, 0.29) is 12.1 Å². The maximum absolute atomic E-state index is 4.39. The van der Waals surface area contributed by atoms with Crippen molar-refractivity contribution in [1.82, 2.24) is 14.8 Å². The fourth-order valence-electron chi connectivity index (χ4n) is 2.99. The quantitative estimate of drug-likeness (QED) is 0.750. The Morgan fingerprint density at radius 3 is 2.55 bits per heavy atom. The third-order valence-corrected chi connectivity index (χ3v) is 4.62. The van der Waals surface area contributed by atoms with Crippen LogP contribution in [0, 0.1) is 0 Å². The van der Waals surface area contributed by atoms with Crippen molar-refractivity contribution in [2.75, 3.05) is 5.32 Å². The van der Waals surface area contributed by atoms with E-state index in [2.05, 4.69) is 79.9 Å². The maximum atomic E-state index is 4.39. The van der Waals surface area contributed by atoms with Gasteiger partial charge in [0, 0.05) is 4.47 Å². The molecule has 2 heterocycles. The fraction of sp³-hybridized carbons (Fsp3) is 0.176. The van der Waals surface area contributed by atoms with Gasteiger partial charge >= 0.3 is 0 Å². The summed E-state index contributed by atoms with van der Waals surface area (Å²) in [6, 6.07) is 19.4. The zero-order chi connectivity index (χ0) is 14.9. The van der Waals surface area contributed by atoms with Crippen LogP contribution >= 0.6 is 15.9 Å². The number of benzene rings is 2. The van der Waals surface area contributed by atoms with Gasteiger partial charge in [-0.2, -0.15) is 10.1 Å². The second-order valence-corrected chi connectivity index (χ2v) is 6.35. The zero-order valence-corrected chi connectivity index (χ0v) is 13.4. The van der Waals surface area contributed by atoms with Gasteiger partial charge in [-0.3, -0.25) is 0 Å². The first-order valence-corrected chi connectivity index (χ1v) is 8.07. The molecule has 0 bridgehead atoms. The summed E-state index contributed by atoms with van der Waals surface area (Å²) in [7, 11) is 0. The number of hydrogen-bond donors (Lipinski definition) is 1. The summed E-state index contributed by atoms with van der Waals surface area (Å²) in [6.45, 7) is 0. The molecule has 0 saturated carbocycles. The molecule has 0 amide bonds. The molecule has 5 heteroatoms. The average Bonchev–Trinajstić information content (AvgIpc) is 3.04. The van der Waals surface area contributed by atoms with E-state index < -0.39 is 0 Å². The maximum Gasteiger partial charge on any atom is 0.222 e. The number of anilines is 1. The van der Waals surface area contributed by atoms with Gasteiger partial charge in [-0.15, -0.1) is 0 Å². The Balaban J connectivity index is 1.72. The second-order valence-electron chi connectivity index (χ2n) is 5.44. The predicted molar refractivity (Wildman–Crippen MR) is 89.7 cm³/mol. The molecule has 22 heavy (non-hydrogen) atoms. The van der Waals surface area contributed by atoms with Crippen molar-refractivity contribution in [2.45, 2.75) is 18.5 Å². The highest BCUT2D eigenvalue weighted by Crippen LogP contribution is 2.37. The van der Waals surface area contributed by atoms with Crippen LogP contribution in [0.3, 0.4) is 0 Å². The summed E-state index contributed by atoms with van der Waals surface area (Å²) in [6.07, 6.45) is 2.56. The first-order chi connectivity index (χ1) is 10.8. The van der Waals surface area contributed by atoms with Crippen LogP contribution in [-0.2, 0) is 0 Å². The minimum atomic E-state index is 0.202. The fourth-order valence-corrected chi connectivity index (χ4v) is 3.25. The van der Waals surface area contributed by atoms with Crippen LogP contribution in [-0.4, -0.2) is 14.8 Å². The van der Waals surface area contributed by atoms with Crippen molar-refractivity contribution in [2.24, 2.45) is 0 Å². The van der Waals surface area contributed by atoms with Crippen molar-refractivity contribution in [3.8, 4) is 0 Å². The van der Waals surface area contributed by atoms with E-state index in [1.807, 2.05) is 10.7 Å². The Hall–Kier alpha value is -2.14. The number of fused-ring (bicyclic) bond motifs is 1. The lowest BCUT2D eigenvalue weighted by molar-refractivity contribution is 0.431. The third-order valence-electron chi connectivity index (χ3n) is 4.09. The molecule has 3 aromatic rings. The van der Waals surface area contributed by atoms with Crippen molar-refractivity contribution in [3.63, 3.8) is 0 Å². The standard InChI is InChI=1S/C17H15BrN4/c18-14-8-6-12(7-9-14)15-10-16(13-4-2-1-3-5-13)22-17(21-15)19-11-20-22/h1-9,11,15-16H,10H2,(H,19,20,21)/t15-,16+/m0/s1. The molecular weight excluding hydrogens is 340 g/mol. The van der Waals surface area contributed by atoms with E-state index in [1.54, 1.807) is 6.33 Å². The van der Waals surface area contributed by atoms with Crippen LogP contribution < -0.4 is 5.32 Å². The van der Waals surface area contributed by atoms with E-state index in [0.29, 0.717) is 0 Å². The summed E-state index contributed by atoms with van der Waals surface area (Å²) in [4.78, 5) is 4.36. The van der Waals surface area contributed by atoms with Gasteiger partial charge in [0.05, 0.1) is 12.1 Å². The molecule has 0 aliphatic carbocycles. The third kappa shape index (κ3) is 2.41. The smallest absolute Gasteiger partial charge is 0.222 e. The normalized spacial score (nSPS) is 20.2. The van der Waals surface area contributed by atoms with Gasteiger partial charge in [-0.25, -0.2) is 4.68 Å². The lowest BCUT2D eigenvalue weighted by Crippen LogP contribution is -2.28. The van der Waals surface area contributed by atoms with E-state index in [9.17, 15) is 0 Å². The molecule has 1 aliphatic rings. The molecule has 0 saturated heterocycles. The molecule has 2 atom stereocenters. The van der Waals surface area contributed by atoms with E-state index in [0.717, 1.165) is 16.8 Å². The molecular formula is C17H15BrN4. The minimum absolute atomic E-state index is 0.202.